The number of hydrogen-bond acceptors (Lipinski definition) is 3. The van der Waals surface area contributed by atoms with Crippen molar-refractivity contribution >= 4 is 0 Å². The molecule has 1 N–H and O–H groups in total. The third-order valence-electron chi connectivity index (χ3n) is 4.41. The van der Waals surface area contributed by atoms with Gasteiger partial charge in [-0.25, -0.2) is 4.68 Å². The molecule has 2 rings (SSSR count). The van der Waals surface area contributed by atoms with Crippen LogP contribution in [-0.2, 0) is 13.6 Å². The molecule has 0 spiro atoms. The molecule has 1 heterocycles. The van der Waals surface area contributed by atoms with E-state index in [4.69, 9.17) is 4.74 Å². The van der Waals surface area contributed by atoms with Gasteiger partial charge in [0.05, 0.1) is 18.4 Å². The minimum Gasteiger partial charge on any atom is -0.481 e. The molecule has 0 amide bonds. The Bertz CT molecular complexity index is 414. The summed E-state index contributed by atoms with van der Waals surface area (Å²) in [5.74, 6) is 1.79. The second-order valence-electron chi connectivity index (χ2n) is 5.72. The van der Waals surface area contributed by atoms with Gasteiger partial charge in [-0.05, 0) is 25.7 Å². The Hall–Kier alpha value is -1.03. The van der Waals surface area contributed by atoms with Crippen molar-refractivity contribution in [3.8, 4) is 5.88 Å². The van der Waals surface area contributed by atoms with Crippen LogP contribution in [0, 0.1) is 12.8 Å². The summed E-state index contributed by atoms with van der Waals surface area (Å²) in [4.78, 5) is 0. The van der Waals surface area contributed by atoms with Gasteiger partial charge in [-0.15, -0.1) is 0 Å². The maximum absolute atomic E-state index is 5.44. The molecule has 1 aromatic heterocycles. The van der Waals surface area contributed by atoms with E-state index in [0.717, 1.165) is 24.0 Å². The maximum atomic E-state index is 5.44. The molecular formula is C15H27N3O. The fourth-order valence-electron chi connectivity index (χ4n) is 3.23. The van der Waals surface area contributed by atoms with Gasteiger partial charge in [0.15, 0.2) is 0 Å². The molecule has 19 heavy (non-hydrogen) atoms. The lowest BCUT2D eigenvalue weighted by atomic mass is 9.84. The SMILES string of the molecule is CCC1CCCC(NCc2c(C)nn(C)c2OC)C1. The van der Waals surface area contributed by atoms with Gasteiger partial charge < -0.3 is 10.1 Å². The summed E-state index contributed by atoms with van der Waals surface area (Å²) in [5.41, 5.74) is 2.26. The van der Waals surface area contributed by atoms with Crippen LogP contribution in [0.1, 0.15) is 50.3 Å². The lowest BCUT2D eigenvalue weighted by Crippen LogP contribution is -2.33. The normalized spacial score (nSPS) is 23.6. The summed E-state index contributed by atoms with van der Waals surface area (Å²) >= 11 is 0. The van der Waals surface area contributed by atoms with E-state index in [9.17, 15) is 0 Å². The van der Waals surface area contributed by atoms with E-state index in [1.54, 1.807) is 7.11 Å². The molecule has 0 bridgehead atoms. The molecule has 0 aliphatic heterocycles. The highest BCUT2D eigenvalue weighted by Crippen LogP contribution is 2.27. The lowest BCUT2D eigenvalue weighted by molar-refractivity contribution is 0.277. The van der Waals surface area contributed by atoms with Crippen molar-refractivity contribution in [2.75, 3.05) is 7.11 Å². The van der Waals surface area contributed by atoms with Crippen molar-refractivity contribution in [1.29, 1.82) is 0 Å². The highest BCUT2D eigenvalue weighted by Gasteiger charge is 2.21. The highest BCUT2D eigenvalue weighted by molar-refractivity contribution is 5.30. The smallest absolute Gasteiger partial charge is 0.216 e. The molecule has 1 aliphatic rings. The standard InChI is InChI=1S/C15H27N3O/c1-5-12-7-6-8-13(9-12)16-10-14-11(2)17-18(3)15(14)19-4/h12-13,16H,5-10H2,1-4H3. The summed E-state index contributed by atoms with van der Waals surface area (Å²) in [6, 6.07) is 0.656. The van der Waals surface area contributed by atoms with Gasteiger partial charge in [-0.2, -0.15) is 5.10 Å². The van der Waals surface area contributed by atoms with Crippen molar-refractivity contribution in [3.63, 3.8) is 0 Å². The Labute approximate surface area is 116 Å². The van der Waals surface area contributed by atoms with E-state index in [1.165, 1.54) is 37.7 Å². The van der Waals surface area contributed by atoms with Crippen molar-refractivity contribution in [2.45, 2.75) is 58.5 Å². The van der Waals surface area contributed by atoms with Gasteiger partial charge in [0.2, 0.25) is 5.88 Å². The summed E-state index contributed by atoms with van der Waals surface area (Å²) < 4.78 is 7.26. The average Bonchev–Trinajstić information content (AvgIpc) is 2.70. The van der Waals surface area contributed by atoms with Crippen LogP contribution >= 0.6 is 0 Å². The summed E-state index contributed by atoms with van der Waals surface area (Å²) in [6.45, 7) is 5.22. The number of methoxy groups -OCH3 is 1. The van der Waals surface area contributed by atoms with Crippen molar-refractivity contribution < 1.29 is 4.74 Å². The third kappa shape index (κ3) is 3.30. The third-order valence-corrected chi connectivity index (χ3v) is 4.41. The molecule has 1 aromatic rings. The zero-order chi connectivity index (χ0) is 13.8. The first kappa shape index (κ1) is 14.4. The van der Waals surface area contributed by atoms with Crippen LogP contribution in [0.15, 0.2) is 0 Å². The number of rotatable bonds is 5. The predicted octanol–water partition coefficient (Wildman–Crippen LogP) is 2.80. The highest BCUT2D eigenvalue weighted by atomic mass is 16.5. The van der Waals surface area contributed by atoms with Crippen molar-refractivity contribution in [1.82, 2.24) is 15.1 Å². The van der Waals surface area contributed by atoms with Crippen LogP contribution in [-0.4, -0.2) is 22.9 Å². The van der Waals surface area contributed by atoms with Crippen LogP contribution < -0.4 is 10.1 Å². The minimum absolute atomic E-state index is 0.656. The van der Waals surface area contributed by atoms with Gasteiger partial charge >= 0.3 is 0 Å². The van der Waals surface area contributed by atoms with E-state index in [1.807, 2.05) is 11.7 Å². The molecule has 0 radical (unpaired) electrons. The van der Waals surface area contributed by atoms with Gasteiger partial charge in [-0.3, -0.25) is 0 Å². The molecule has 1 fully saturated rings. The van der Waals surface area contributed by atoms with Crippen LogP contribution in [0.2, 0.25) is 0 Å². The first-order chi connectivity index (χ1) is 9.15. The van der Waals surface area contributed by atoms with Crippen molar-refractivity contribution in [3.05, 3.63) is 11.3 Å². The molecular weight excluding hydrogens is 238 g/mol. The molecule has 108 valence electrons. The molecule has 4 heteroatoms. The second-order valence-corrected chi connectivity index (χ2v) is 5.72. The van der Waals surface area contributed by atoms with E-state index in [2.05, 4.69) is 24.3 Å². The first-order valence-corrected chi connectivity index (χ1v) is 7.45. The van der Waals surface area contributed by atoms with Crippen LogP contribution in [0.4, 0.5) is 0 Å². The number of aromatic nitrogens is 2. The van der Waals surface area contributed by atoms with Crippen molar-refractivity contribution in [2.24, 2.45) is 13.0 Å². The Balaban J connectivity index is 1.95. The molecule has 0 saturated heterocycles. The minimum atomic E-state index is 0.656. The van der Waals surface area contributed by atoms with E-state index in [-0.39, 0.29) is 0 Å². The monoisotopic (exact) mass is 265 g/mol. The fraction of sp³-hybridized carbons (Fsp3) is 0.800. The average molecular weight is 265 g/mol. The molecule has 2 unspecified atom stereocenters. The summed E-state index contributed by atoms with van der Waals surface area (Å²) in [5, 5.41) is 8.13. The number of ether oxygens (including phenoxy) is 1. The Morgan fingerprint density at radius 3 is 2.89 bits per heavy atom. The lowest BCUT2D eigenvalue weighted by Gasteiger charge is -2.29. The van der Waals surface area contributed by atoms with Gasteiger partial charge in [0.1, 0.15) is 0 Å². The Morgan fingerprint density at radius 1 is 1.42 bits per heavy atom. The Kier molecular flexibility index (Phi) is 4.86. The van der Waals surface area contributed by atoms with E-state index < -0.39 is 0 Å². The predicted molar refractivity (Wildman–Crippen MR) is 77.4 cm³/mol. The van der Waals surface area contributed by atoms with Crippen LogP contribution in [0.5, 0.6) is 5.88 Å². The van der Waals surface area contributed by atoms with Gasteiger partial charge in [0, 0.05) is 19.6 Å². The van der Waals surface area contributed by atoms with Crippen LogP contribution in [0.25, 0.3) is 0 Å². The number of nitrogens with one attached hydrogen (secondary N) is 1. The first-order valence-electron chi connectivity index (χ1n) is 7.45. The Morgan fingerprint density at radius 2 is 2.21 bits per heavy atom. The second kappa shape index (κ2) is 6.42. The molecule has 1 saturated carbocycles. The summed E-state index contributed by atoms with van der Waals surface area (Å²) in [6.07, 6.45) is 6.70. The maximum Gasteiger partial charge on any atom is 0.216 e. The zero-order valence-corrected chi connectivity index (χ0v) is 12.7. The van der Waals surface area contributed by atoms with Crippen LogP contribution in [0.3, 0.4) is 0 Å². The molecule has 0 aromatic carbocycles. The molecule has 1 aliphatic carbocycles. The zero-order valence-electron chi connectivity index (χ0n) is 12.7. The fourth-order valence-corrected chi connectivity index (χ4v) is 3.23. The largest absolute Gasteiger partial charge is 0.481 e. The summed E-state index contributed by atoms with van der Waals surface area (Å²) in [7, 11) is 3.65. The number of hydrogen-bond donors (Lipinski definition) is 1. The number of aryl methyl sites for hydroxylation is 2. The number of nitrogens with zero attached hydrogens (tertiary/aromatic N) is 2. The quantitative estimate of drug-likeness (QED) is 0.890. The molecule has 4 nitrogen and oxygen atoms in total. The molecule has 2 atom stereocenters. The van der Waals surface area contributed by atoms with Gasteiger partial charge in [-0.1, -0.05) is 26.2 Å². The van der Waals surface area contributed by atoms with Gasteiger partial charge in [0.25, 0.3) is 0 Å². The van der Waals surface area contributed by atoms with E-state index in [0.29, 0.717) is 6.04 Å². The topological polar surface area (TPSA) is 39.1 Å². The van der Waals surface area contributed by atoms with E-state index >= 15 is 0 Å².